The number of likely N-dealkylation sites (tertiary alicyclic amines) is 1. The van der Waals surface area contributed by atoms with Gasteiger partial charge in [-0.2, -0.15) is 0 Å². The fourth-order valence-electron chi connectivity index (χ4n) is 2.87. The maximum atomic E-state index is 12.0. The third-order valence-electron chi connectivity index (χ3n) is 3.98. The first-order chi connectivity index (χ1) is 11.1. The molecule has 0 spiro atoms. The number of aryl methyl sites for hydroxylation is 1. The van der Waals surface area contributed by atoms with Gasteiger partial charge in [-0.3, -0.25) is 4.79 Å². The number of nitrogens with one attached hydrogen (secondary N) is 1. The van der Waals surface area contributed by atoms with Gasteiger partial charge in [0.1, 0.15) is 0 Å². The number of piperidine rings is 1. The lowest BCUT2D eigenvalue weighted by molar-refractivity contribution is -0.149. The molecule has 1 atom stereocenters. The monoisotopic (exact) mass is 448 g/mol. The van der Waals surface area contributed by atoms with Crippen molar-refractivity contribution in [3.05, 3.63) is 24.0 Å². The third-order valence-corrected chi connectivity index (χ3v) is 3.98. The standard InChI is InChI=1S/C17H28N4O2.HI/c1-4-18-17(19-11-14-8-10-20(3)12-14)21-9-6-7-15(13-21)16(22)23-5-2;/h8,10,12,15H,4-7,9,11,13H2,1-3H3,(H,18,19);1H/t15-;/m1./s1. The van der Waals surface area contributed by atoms with Crippen molar-refractivity contribution >= 4 is 35.9 Å². The van der Waals surface area contributed by atoms with Gasteiger partial charge in [0.05, 0.1) is 19.1 Å². The van der Waals surface area contributed by atoms with Crippen molar-refractivity contribution in [3.8, 4) is 0 Å². The molecule has 1 aliphatic rings. The van der Waals surface area contributed by atoms with E-state index in [0.717, 1.165) is 31.9 Å². The summed E-state index contributed by atoms with van der Waals surface area (Å²) in [5, 5.41) is 3.34. The van der Waals surface area contributed by atoms with Gasteiger partial charge in [0.25, 0.3) is 0 Å². The Bertz CT molecular complexity index is 544. The van der Waals surface area contributed by atoms with Crippen LogP contribution in [0.3, 0.4) is 0 Å². The van der Waals surface area contributed by atoms with E-state index in [0.29, 0.717) is 19.7 Å². The van der Waals surface area contributed by atoms with Gasteiger partial charge < -0.3 is 19.5 Å². The molecule has 0 bridgehead atoms. The highest BCUT2D eigenvalue weighted by atomic mass is 127. The number of halogens is 1. The summed E-state index contributed by atoms with van der Waals surface area (Å²) in [6, 6.07) is 2.07. The van der Waals surface area contributed by atoms with Crippen LogP contribution in [0.4, 0.5) is 0 Å². The molecule has 0 radical (unpaired) electrons. The van der Waals surface area contributed by atoms with Crippen LogP contribution in [0, 0.1) is 5.92 Å². The predicted molar refractivity (Wildman–Crippen MR) is 107 cm³/mol. The van der Waals surface area contributed by atoms with Crippen molar-refractivity contribution < 1.29 is 9.53 Å². The minimum absolute atomic E-state index is 0. The van der Waals surface area contributed by atoms with Crippen LogP contribution in [0.2, 0.25) is 0 Å². The van der Waals surface area contributed by atoms with Crippen LogP contribution in [-0.4, -0.2) is 47.6 Å². The Kier molecular flexibility index (Phi) is 9.17. The lowest BCUT2D eigenvalue weighted by Crippen LogP contribution is -2.48. The molecule has 7 heteroatoms. The number of rotatable bonds is 5. The number of carbonyl (C=O) groups excluding carboxylic acids is 1. The second-order valence-electron chi connectivity index (χ2n) is 5.89. The normalized spacial score (nSPS) is 18.0. The number of aliphatic imine (C=N–C) groups is 1. The summed E-state index contributed by atoms with van der Waals surface area (Å²) in [4.78, 5) is 18.9. The maximum Gasteiger partial charge on any atom is 0.310 e. The average Bonchev–Trinajstić information content (AvgIpc) is 2.97. The highest BCUT2D eigenvalue weighted by molar-refractivity contribution is 14.0. The number of hydrogen-bond acceptors (Lipinski definition) is 3. The molecule has 1 N–H and O–H groups in total. The first-order valence-corrected chi connectivity index (χ1v) is 8.44. The van der Waals surface area contributed by atoms with Crippen LogP contribution in [0.15, 0.2) is 23.5 Å². The molecular formula is C17H29IN4O2. The van der Waals surface area contributed by atoms with Crippen molar-refractivity contribution in [2.45, 2.75) is 33.2 Å². The van der Waals surface area contributed by atoms with E-state index in [1.54, 1.807) is 0 Å². The summed E-state index contributed by atoms with van der Waals surface area (Å²) < 4.78 is 7.20. The molecule has 0 aliphatic carbocycles. The van der Waals surface area contributed by atoms with Gasteiger partial charge >= 0.3 is 5.97 Å². The van der Waals surface area contributed by atoms with Crippen molar-refractivity contribution in [3.63, 3.8) is 0 Å². The number of esters is 1. The maximum absolute atomic E-state index is 12.0. The Hall–Kier alpha value is -1.25. The Morgan fingerprint density at radius 3 is 2.88 bits per heavy atom. The summed E-state index contributed by atoms with van der Waals surface area (Å²) in [5.74, 6) is 0.741. The molecule has 2 rings (SSSR count). The number of nitrogens with zero attached hydrogens (tertiary/aromatic N) is 3. The van der Waals surface area contributed by atoms with Crippen molar-refractivity contribution in [1.29, 1.82) is 0 Å². The topological polar surface area (TPSA) is 58.9 Å². The van der Waals surface area contributed by atoms with Crippen LogP contribution in [-0.2, 0) is 23.1 Å². The molecule has 0 amide bonds. The van der Waals surface area contributed by atoms with E-state index in [1.807, 2.05) is 24.7 Å². The molecule has 1 fully saturated rings. The lowest BCUT2D eigenvalue weighted by atomic mass is 9.98. The van der Waals surface area contributed by atoms with E-state index in [9.17, 15) is 4.79 Å². The second kappa shape index (κ2) is 10.6. The molecule has 0 aromatic carbocycles. The Morgan fingerprint density at radius 2 is 2.25 bits per heavy atom. The summed E-state index contributed by atoms with van der Waals surface area (Å²) in [7, 11) is 2.01. The fourth-order valence-corrected chi connectivity index (χ4v) is 2.87. The van der Waals surface area contributed by atoms with Gasteiger partial charge in [-0.1, -0.05) is 0 Å². The molecule has 136 valence electrons. The molecular weight excluding hydrogens is 419 g/mol. The van der Waals surface area contributed by atoms with Gasteiger partial charge in [-0.05, 0) is 38.3 Å². The van der Waals surface area contributed by atoms with E-state index in [1.165, 1.54) is 5.56 Å². The zero-order valence-corrected chi connectivity index (χ0v) is 17.2. The van der Waals surface area contributed by atoms with Crippen LogP contribution in [0.5, 0.6) is 0 Å². The summed E-state index contributed by atoms with van der Waals surface area (Å²) >= 11 is 0. The molecule has 0 unspecified atom stereocenters. The Balaban J connectivity index is 0.00000288. The van der Waals surface area contributed by atoms with Crippen LogP contribution < -0.4 is 5.32 Å². The zero-order chi connectivity index (χ0) is 16.7. The minimum Gasteiger partial charge on any atom is -0.466 e. The van der Waals surface area contributed by atoms with Crippen molar-refractivity contribution in [2.75, 3.05) is 26.2 Å². The Morgan fingerprint density at radius 1 is 1.46 bits per heavy atom. The minimum atomic E-state index is -0.0869. The van der Waals surface area contributed by atoms with Gasteiger partial charge in [-0.25, -0.2) is 4.99 Å². The summed E-state index contributed by atoms with van der Waals surface area (Å²) in [5.41, 5.74) is 1.18. The molecule has 24 heavy (non-hydrogen) atoms. The quantitative estimate of drug-likeness (QED) is 0.325. The van der Waals surface area contributed by atoms with E-state index in [4.69, 9.17) is 9.73 Å². The number of guanidine groups is 1. The third kappa shape index (κ3) is 5.99. The first kappa shape index (κ1) is 20.8. The predicted octanol–water partition coefficient (Wildman–Crippen LogP) is 2.38. The SMILES string of the molecule is CCNC(=NCc1ccn(C)c1)N1CCC[C@@H](C(=O)OCC)C1.I. The number of hydrogen-bond donors (Lipinski definition) is 1. The number of aromatic nitrogens is 1. The molecule has 1 saturated heterocycles. The second-order valence-corrected chi connectivity index (χ2v) is 5.89. The number of carbonyl (C=O) groups is 1. The van der Waals surface area contributed by atoms with Crippen molar-refractivity contribution in [2.24, 2.45) is 18.0 Å². The van der Waals surface area contributed by atoms with E-state index in [-0.39, 0.29) is 35.9 Å². The molecule has 1 aromatic heterocycles. The number of ether oxygens (including phenoxy) is 1. The molecule has 2 heterocycles. The van der Waals surface area contributed by atoms with Crippen LogP contribution >= 0.6 is 24.0 Å². The van der Waals surface area contributed by atoms with Gasteiger partial charge in [0.15, 0.2) is 5.96 Å². The Labute approximate surface area is 161 Å². The molecule has 1 aliphatic heterocycles. The smallest absolute Gasteiger partial charge is 0.310 e. The zero-order valence-electron chi connectivity index (χ0n) is 14.8. The van der Waals surface area contributed by atoms with Gasteiger partial charge in [-0.15, -0.1) is 24.0 Å². The van der Waals surface area contributed by atoms with E-state index < -0.39 is 0 Å². The average molecular weight is 448 g/mol. The lowest BCUT2D eigenvalue weighted by Gasteiger charge is -2.34. The van der Waals surface area contributed by atoms with Crippen LogP contribution in [0.1, 0.15) is 32.3 Å². The molecule has 6 nitrogen and oxygen atoms in total. The van der Waals surface area contributed by atoms with E-state index in [2.05, 4.69) is 29.4 Å². The summed E-state index contributed by atoms with van der Waals surface area (Å²) in [6.45, 7) is 7.42. The van der Waals surface area contributed by atoms with Crippen LogP contribution in [0.25, 0.3) is 0 Å². The van der Waals surface area contributed by atoms with E-state index >= 15 is 0 Å². The van der Waals surface area contributed by atoms with Crippen molar-refractivity contribution in [1.82, 2.24) is 14.8 Å². The highest BCUT2D eigenvalue weighted by Gasteiger charge is 2.28. The van der Waals surface area contributed by atoms with Gasteiger partial charge in [0, 0.05) is 39.1 Å². The highest BCUT2D eigenvalue weighted by Crippen LogP contribution is 2.18. The van der Waals surface area contributed by atoms with Gasteiger partial charge in [0.2, 0.25) is 0 Å². The molecule has 1 aromatic rings. The summed E-state index contributed by atoms with van der Waals surface area (Å²) in [6.07, 6.45) is 5.98. The fraction of sp³-hybridized carbons (Fsp3) is 0.647. The first-order valence-electron chi connectivity index (χ1n) is 8.44. The molecule has 0 saturated carbocycles. The largest absolute Gasteiger partial charge is 0.466 e.